The molecule has 0 amide bonds. The summed E-state index contributed by atoms with van der Waals surface area (Å²) in [5.74, 6) is 0. The van der Waals surface area contributed by atoms with Gasteiger partial charge < -0.3 is 0 Å². The van der Waals surface area contributed by atoms with Crippen molar-refractivity contribution in [2.75, 3.05) is 0 Å². The first-order valence-corrected chi connectivity index (χ1v) is 4.75. The van der Waals surface area contributed by atoms with E-state index in [4.69, 9.17) is 0 Å². The molecule has 1 rings (SSSR count). The molecule has 0 saturated carbocycles. The van der Waals surface area contributed by atoms with Gasteiger partial charge in [0.2, 0.25) is 0 Å². The number of hydrogen-bond donors (Lipinski definition) is 0. The maximum Gasteiger partial charge on any atom is 0.128 e. The summed E-state index contributed by atoms with van der Waals surface area (Å²) in [6.45, 7) is 6.57. The molecule has 1 heterocycles. The molecule has 0 bridgehead atoms. The quantitative estimate of drug-likeness (QED) is 0.739. The van der Waals surface area contributed by atoms with Crippen molar-refractivity contribution in [3.8, 4) is 0 Å². The van der Waals surface area contributed by atoms with Crippen LogP contribution in [0.5, 0.6) is 0 Å². The van der Waals surface area contributed by atoms with Crippen LogP contribution in [0.15, 0.2) is 16.7 Å². The van der Waals surface area contributed by atoms with E-state index in [2.05, 4.69) is 46.9 Å². The van der Waals surface area contributed by atoms with E-state index < -0.39 is 0 Å². The zero-order chi connectivity index (χ0) is 9.19. The summed E-state index contributed by atoms with van der Waals surface area (Å²) in [6.07, 6.45) is 0.966. The Morgan fingerprint density at radius 1 is 1.25 bits per heavy atom. The fraction of sp³-hybridized carbons (Fsp3) is 0.556. The molecule has 0 aliphatic carbocycles. The first-order valence-electron chi connectivity index (χ1n) is 3.95. The Morgan fingerprint density at radius 2 is 1.92 bits per heavy atom. The van der Waals surface area contributed by atoms with Crippen molar-refractivity contribution in [2.45, 2.75) is 27.2 Å². The van der Waals surface area contributed by atoms with Gasteiger partial charge in [0, 0.05) is 0 Å². The van der Waals surface area contributed by atoms with Crippen molar-refractivity contribution in [3.63, 3.8) is 0 Å². The van der Waals surface area contributed by atoms with Gasteiger partial charge in [0.15, 0.2) is 0 Å². The van der Waals surface area contributed by atoms with Crippen LogP contribution in [0.3, 0.4) is 0 Å². The first kappa shape index (κ1) is 9.65. The molecular weight excluding hydrogens is 216 g/mol. The van der Waals surface area contributed by atoms with E-state index in [-0.39, 0.29) is 5.41 Å². The van der Waals surface area contributed by atoms with Crippen molar-refractivity contribution >= 4 is 15.9 Å². The molecule has 0 unspecified atom stereocenters. The van der Waals surface area contributed by atoms with E-state index in [1.807, 2.05) is 12.1 Å². The summed E-state index contributed by atoms with van der Waals surface area (Å²) in [4.78, 5) is 0. The molecule has 0 saturated heterocycles. The van der Waals surface area contributed by atoms with E-state index in [9.17, 15) is 0 Å². The SMILES string of the molecule is CC(C)(C)Cc1ccc(Br)nn1. The van der Waals surface area contributed by atoms with Gasteiger partial charge in [-0.15, -0.1) is 5.10 Å². The van der Waals surface area contributed by atoms with Gasteiger partial charge in [-0.1, -0.05) is 20.8 Å². The van der Waals surface area contributed by atoms with Gasteiger partial charge in [-0.2, -0.15) is 5.10 Å². The Kier molecular flexibility index (Phi) is 2.83. The molecular formula is C9H13BrN2. The minimum Gasteiger partial charge on any atom is -0.155 e. The lowest BCUT2D eigenvalue weighted by atomic mass is 9.90. The minimum atomic E-state index is 0.280. The van der Waals surface area contributed by atoms with E-state index in [0.717, 1.165) is 16.7 Å². The molecule has 0 aliphatic rings. The van der Waals surface area contributed by atoms with Crippen LogP contribution in [0.4, 0.5) is 0 Å². The smallest absolute Gasteiger partial charge is 0.128 e. The summed E-state index contributed by atoms with van der Waals surface area (Å²) >= 11 is 3.25. The third-order valence-corrected chi connectivity index (χ3v) is 1.82. The van der Waals surface area contributed by atoms with Gasteiger partial charge in [-0.3, -0.25) is 0 Å². The average Bonchev–Trinajstić information content (AvgIpc) is 1.91. The second-order valence-corrected chi connectivity index (χ2v) is 4.90. The molecule has 0 radical (unpaired) electrons. The second-order valence-electron chi connectivity index (χ2n) is 4.08. The van der Waals surface area contributed by atoms with Crippen LogP contribution in [0, 0.1) is 5.41 Å². The van der Waals surface area contributed by atoms with Crippen LogP contribution >= 0.6 is 15.9 Å². The Labute approximate surface area is 81.5 Å². The van der Waals surface area contributed by atoms with E-state index in [0.29, 0.717) is 0 Å². The lowest BCUT2D eigenvalue weighted by molar-refractivity contribution is 0.404. The third kappa shape index (κ3) is 3.30. The van der Waals surface area contributed by atoms with Crippen LogP contribution in [0.1, 0.15) is 26.5 Å². The van der Waals surface area contributed by atoms with E-state index >= 15 is 0 Å². The molecule has 12 heavy (non-hydrogen) atoms. The second kappa shape index (κ2) is 3.52. The molecule has 3 heteroatoms. The van der Waals surface area contributed by atoms with Gasteiger partial charge in [-0.05, 0) is 39.9 Å². The molecule has 0 spiro atoms. The fourth-order valence-electron chi connectivity index (χ4n) is 0.981. The van der Waals surface area contributed by atoms with Gasteiger partial charge >= 0.3 is 0 Å². The van der Waals surface area contributed by atoms with Crippen molar-refractivity contribution < 1.29 is 0 Å². The van der Waals surface area contributed by atoms with Gasteiger partial charge in [0.25, 0.3) is 0 Å². The predicted molar refractivity (Wildman–Crippen MR) is 52.9 cm³/mol. The highest BCUT2D eigenvalue weighted by atomic mass is 79.9. The number of nitrogens with zero attached hydrogens (tertiary/aromatic N) is 2. The third-order valence-electron chi connectivity index (χ3n) is 1.40. The molecule has 1 aromatic rings. The molecule has 66 valence electrons. The highest BCUT2D eigenvalue weighted by molar-refractivity contribution is 9.10. The summed E-state index contributed by atoms with van der Waals surface area (Å²) in [5.41, 5.74) is 1.33. The minimum absolute atomic E-state index is 0.280. The van der Waals surface area contributed by atoms with Gasteiger partial charge in [0.1, 0.15) is 4.60 Å². The van der Waals surface area contributed by atoms with Crippen LogP contribution in [0.25, 0.3) is 0 Å². The van der Waals surface area contributed by atoms with Crippen molar-refractivity contribution in [1.82, 2.24) is 10.2 Å². The standard InChI is InChI=1S/C9H13BrN2/c1-9(2,3)6-7-4-5-8(10)12-11-7/h4-5H,6H2,1-3H3. The number of halogens is 1. The molecule has 2 nitrogen and oxygen atoms in total. The largest absolute Gasteiger partial charge is 0.155 e. The molecule has 0 fully saturated rings. The highest BCUT2D eigenvalue weighted by Crippen LogP contribution is 2.19. The summed E-state index contributed by atoms with van der Waals surface area (Å²) < 4.78 is 0.792. The fourth-order valence-corrected chi connectivity index (χ4v) is 1.19. The number of rotatable bonds is 1. The summed E-state index contributed by atoms with van der Waals surface area (Å²) in [7, 11) is 0. The monoisotopic (exact) mass is 228 g/mol. The Bertz CT molecular complexity index is 248. The lowest BCUT2D eigenvalue weighted by Crippen LogP contribution is -2.10. The Hall–Kier alpha value is -0.440. The van der Waals surface area contributed by atoms with Crippen molar-refractivity contribution in [1.29, 1.82) is 0 Å². The van der Waals surface area contributed by atoms with Crippen molar-refractivity contribution in [3.05, 3.63) is 22.4 Å². The summed E-state index contributed by atoms with van der Waals surface area (Å²) in [5, 5.41) is 8.00. The summed E-state index contributed by atoms with van der Waals surface area (Å²) in [6, 6.07) is 3.93. The van der Waals surface area contributed by atoms with Crippen LogP contribution in [0.2, 0.25) is 0 Å². The van der Waals surface area contributed by atoms with Crippen LogP contribution in [-0.4, -0.2) is 10.2 Å². The molecule has 0 N–H and O–H groups in total. The van der Waals surface area contributed by atoms with Gasteiger partial charge in [-0.25, -0.2) is 0 Å². The molecule has 0 aliphatic heterocycles. The normalized spacial score (nSPS) is 11.7. The van der Waals surface area contributed by atoms with Crippen molar-refractivity contribution in [2.24, 2.45) is 5.41 Å². The van der Waals surface area contributed by atoms with Crippen LogP contribution in [-0.2, 0) is 6.42 Å². The molecule has 0 atom stereocenters. The number of hydrogen-bond acceptors (Lipinski definition) is 2. The first-order chi connectivity index (χ1) is 5.47. The molecule has 0 aromatic carbocycles. The topological polar surface area (TPSA) is 25.8 Å². The predicted octanol–water partition coefficient (Wildman–Crippen LogP) is 2.83. The van der Waals surface area contributed by atoms with E-state index in [1.54, 1.807) is 0 Å². The molecule has 1 aromatic heterocycles. The Balaban J connectivity index is 2.71. The highest BCUT2D eigenvalue weighted by Gasteiger charge is 2.11. The number of aromatic nitrogens is 2. The Morgan fingerprint density at radius 3 is 2.33 bits per heavy atom. The van der Waals surface area contributed by atoms with Gasteiger partial charge in [0.05, 0.1) is 5.69 Å². The zero-order valence-electron chi connectivity index (χ0n) is 7.63. The lowest BCUT2D eigenvalue weighted by Gasteiger charge is -2.16. The maximum atomic E-state index is 4.07. The van der Waals surface area contributed by atoms with E-state index in [1.165, 1.54) is 0 Å². The maximum absolute atomic E-state index is 4.07. The zero-order valence-corrected chi connectivity index (χ0v) is 9.22. The average molecular weight is 229 g/mol. The van der Waals surface area contributed by atoms with Crippen LogP contribution < -0.4 is 0 Å².